The average molecular weight is 176 g/mol. The lowest BCUT2D eigenvalue weighted by atomic mass is 9.76. The molecular formula is C13H20. The highest BCUT2D eigenvalue weighted by atomic mass is 14.3. The molecule has 0 aromatic carbocycles. The first-order valence-electron chi connectivity index (χ1n) is 4.91. The largest absolute Gasteiger partial charge is 0.102 e. The number of hydrogen-bond acceptors (Lipinski definition) is 0. The summed E-state index contributed by atoms with van der Waals surface area (Å²) in [7, 11) is 0. The van der Waals surface area contributed by atoms with Gasteiger partial charge < -0.3 is 0 Å². The highest BCUT2D eigenvalue weighted by Gasteiger charge is 2.22. The Labute approximate surface area is 82.0 Å². The van der Waals surface area contributed by atoms with Crippen molar-refractivity contribution in [2.24, 2.45) is 10.8 Å². The third-order valence-electron chi connectivity index (χ3n) is 2.74. The lowest BCUT2D eigenvalue weighted by Crippen LogP contribution is -2.16. The van der Waals surface area contributed by atoms with Crippen LogP contribution in [0.2, 0.25) is 0 Å². The summed E-state index contributed by atoms with van der Waals surface area (Å²) in [6, 6.07) is 0. The summed E-state index contributed by atoms with van der Waals surface area (Å²) in [6.45, 7) is 12.8. The van der Waals surface area contributed by atoms with E-state index >= 15 is 0 Å². The Morgan fingerprint density at radius 2 is 2.08 bits per heavy atom. The van der Waals surface area contributed by atoms with Gasteiger partial charge >= 0.3 is 0 Å². The zero-order chi connectivity index (χ0) is 10.1. The fourth-order valence-corrected chi connectivity index (χ4v) is 1.45. The molecular weight excluding hydrogens is 156 g/mol. The third-order valence-corrected chi connectivity index (χ3v) is 2.74. The fourth-order valence-electron chi connectivity index (χ4n) is 1.45. The molecule has 0 bridgehead atoms. The maximum Gasteiger partial charge on any atom is 0.00679 e. The quantitative estimate of drug-likeness (QED) is 0.527. The minimum absolute atomic E-state index is 0.175. The van der Waals surface area contributed by atoms with Crippen molar-refractivity contribution in [3.8, 4) is 0 Å². The Morgan fingerprint density at radius 3 is 2.38 bits per heavy atom. The number of hydrogen-bond donors (Lipinski definition) is 0. The molecule has 0 nitrogen and oxygen atoms in total. The first-order valence-corrected chi connectivity index (χ1v) is 4.91. The van der Waals surface area contributed by atoms with Crippen LogP contribution in [0, 0.1) is 10.8 Å². The van der Waals surface area contributed by atoms with Crippen LogP contribution in [-0.2, 0) is 0 Å². The van der Waals surface area contributed by atoms with E-state index in [1.807, 2.05) is 6.08 Å². The molecule has 0 aliphatic heterocycles. The Bertz CT molecular complexity index is 260. The third kappa shape index (κ3) is 2.33. The maximum absolute atomic E-state index is 3.86. The molecule has 0 spiro atoms. The van der Waals surface area contributed by atoms with E-state index in [0.29, 0.717) is 0 Å². The standard InChI is InChI=1S/C13H20/c1-6-13(5)9-7-11(8-10-13)12(2,3)4/h6-9H,1,10H2,2-5H3. The maximum atomic E-state index is 3.86. The van der Waals surface area contributed by atoms with Crippen LogP contribution in [0.25, 0.3) is 0 Å². The molecule has 0 heteroatoms. The van der Waals surface area contributed by atoms with Gasteiger partial charge in [-0.25, -0.2) is 0 Å². The number of rotatable bonds is 1. The van der Waals surface area contributed by atoms with E-state index in [2.05, 4.69) is 52.5 Å². The van der Waals surface area contributed by atoms with E-state index in [9.17, 15) is 0 Å². The predicted octanol–water partition coefficient (Wildman–Crippen LogP) is 4.11. The van der Waals surface area contributed by atoms with Crippen LogP contribution in [0.5, 0.6) is 0 Å². The van der Waals surface area contributed by atoms with Gasteiger partial charge in [-0.15, -0.1) is 6.58 Å². The molecule has 1 rings (SSSR count). The Kier molecular flexibility index (Phi) is 2.51. The molecule has 0 aromatic rings. The molecule has 0 fully saturated rings. The van der Waals surface area contributed by atoms with Gasteiger partial charge in [-0.2, -0.15) is 0 Å². The van der Waals surface area contributed by atoms with Crippen molar-refractivity contribution in [2.75, 3.05) is 0 Å². The second-order valence-corrected chi connectivity index (χ2v) is 5.16. The van der Waals surface area contributed by atoms with Crippen LogP contribution in [0.15, 0.2) is 36.5 Å². The van der Waals surface area contributed by atoms with Gasteiger partial charge in [0.2, 0.25) is 0 Å². The minimum Gasteiger partial charge on any atom is -0.102 e. The molecule has 0 saturated heterocycles. The van der Waals surface area contributed by atoms with E-state index < -0.39 is 0 Å². The smallest absolute Gasteiger partial charge is 0.00679 e. The molecule has 0 aromatic heterocycles. The van der Waals surface area contributed by atoms with Crippen LogP contribution < -0.4 is 0 Å². The normalized spacial score (nSPS) is 28.5. The van der Waals surface area contributed by atoms with Crippen LogP contribution in [0.3, 0.4) is 0 Å². The van der Waals surface area contributed by atoms with Gasteiger partial charge in [0, 0.05) is 5.41 Å². The van der Waals surface area contributed by atoms with Crippen LogP contribution >= 0.6 is 0 Å². The molecule has 0 amide bonds. The molecule has 13 heavy (non-hydrogen) atoms. The topological polar surface area (TPSA) is 0 Å². The van der Waals surface area contributed by atoms with Gasteiger partial charge in [0.25, 0.3) is 0 Å². The molecule has 0 saturated carbocycles. The minimum atomic E-state index is 0.175. The first-order chi connectivity index (χ1) is 5.87. The van der Waals surface area contributed by atoms with E-state index in [0.717, 1.165) is 6.42 Å². The second kappa shape index (κ2) is 3.17. The Balaban J connectivity index is 2.82. The van der Waals surface area contributed by atoms with Crippen molar-refractivity contribution in [1.29, 1.82) is 0 Å². The average Bonchev–Trinajstić information content (AvgIpc) is 2.04. The van der Waals surface area contributed by atoms with Crippen molar-refractivity contribution >= 4 is 0 Å². The summed E-state index contributed by atoms with van der Waals surface area (Å²) in [4.78, 5) is 0. The van der Waals surface area contributed by atoms with Crippen molar-refractivity contribution in [3.05, 3.63) is 36.5 Å². The second-order valence-electron chi connectivity index (χ2n) is 5.16. The summed E-state index contributed by atoms with van der Waals surface area (Å²) in [5.74, 6) is 0. The summed E-state index contributed by atoms with van der Waals surface area (Å²) in [6.07, 6.45) is 9.95. The zero-order valence-corrected chi connectivity index (χ0v) is 9.22. The van der Waals surface area contributed by atoms with Gasteiger partial charge in [0.05, 0.1) is 0 Å². The monoisotopic (exact) mass is 176 g/mol. The van der Waals surface area contributed by atoms with Crippen LogP contribution in [0.4, 0.5) is 0 Å². The molecule has 0 N–H and O–H groups in total. The van der Waals surface area contributed by atoms with Crippen molar-refractivity contribution in [1.82, 2.24) is 0 Å². The molecule has 0 radical (unpaired) electrons. The van der Waals surface area contributed by atoms with Gasteiger partial charge in [0.15, 0.2) is 0 Å². The summed E-state index contributed by atoms with van der Waals surface area (Å²) in [5, 5.41) is 0. The van der Waals surface area contributed by atoms with Crippen molar-refractivity contribution < 1.29 is 0 Å². The number of allylic oxidation sites excluding steroid dienone is 5. The Hall–Kier alpha value is -0.780. The molecule has 1 unspecified atom stereocenters. The van der Waals surface area contributed by atoms with E-state index in [1.165, 1.54) is 5.57 Å². The molecule has 72 valence electrons. The Morgan fingerprint density at radius 1 is 1.46 bits per heavy atom. The first kappa shape index (κ1) is 10.3. The molecule has 1 aliphatic carbocycles. The zero-order valence-electron chi connectivity index (χ0n) is 9.22. The highest BCUT2D eigenvalue weighted by molar-refractivity contribution is 5.32. The molecule has 1 aliphatic rings. The highest BCUT2D eigenvalue weighted by Crippen LogP contribution is 2.36. The lowest BCUT2D eigenvalue weighted by molar-refractivity contribution is 0.488. The van der Waals surface area contributed by atoms with Gasteiger partial charge in [-0.3, -0.25) is 0 Å². The van der Waals surface area contributed by atoms with Gasteiger partial charge in [-0.05, 0) is 17.4 Å². The van der Waals surface area contributed by atoms with E-state index in [1.54, 1.807) is 0 Å². The van der Waals surface area contributed by atoms with Gasteiger partial charge in [0.1, 0.15) is 0 Å². The summed E-state index contributed by atoms with van der Waals surface area (Å²) < 4.78 is 0. The molecule has 1 atom stereocenters. The summed E-state index contributed by atoms with van der Waals surface area (Å²) in [5.41, 5.74) is 1.89. The SMILES string of the molecule is C=CC1(C)C=CC(C(C)(C)C)=CC1. The summed E-state index contributed by atoms with van der Waals surface area (Å²) >= 11 is 0. The lowest BCUT2D eigenvalue weighted by Gasteiger charge is -2.29. The van der Waals surface area contributed by atoms with E-state index in [4.69, 9.17) is 0 Å². The van der Waals surface area contributed by atoms with Gasteiger partial charge in [-0.1, -0.05) is 52.0 Å². The van der Waals surface area contributed by atoms with Crippen LogP contribution in [0.1, 0.15) is 34.1 Å². The predicted molar refractivity (Wildman–Crippen MR) is 59.6 cm³/mol. The van der Waals surface area contributed by atoms with Crippen LogP contribution in [-0.4, -0.2) is 0 Å². The fraction of sp³-hybridized carbons (Fsp3) is 0.538. The van der Waals surface area contributed by atoms with E-state index in [-0.39, 0.29) is 10.8 Å². The van der Waals surface area contributed by atoms with Crippen molar-refractivity contribution in [3.63, 3.8) is 0 Å². The van der Waals surface area contributed by atoms with Crippen molar-refractivity contribution in [2.45, 2.75) is 34.1 Å². The molecule has 0 heterocycles.